The maximum Gasteiger partial charge on any atom is 0.0844 e. The topological polar surface area (TPSA) is 58.9 Å². The molecule has 0 aromatic rings. The lowest BCUT2D eigenvalue weighted by Crippen LogP contribution is -2.28. The van der Waals surface area contributed by atoms with Gasteiger partial charge >= 0.3 is 0 Å². The maximum absolute atomic E-state index is 8.79. The molecule has 0 aromatic carbocycles. The summed E-state index contributed by atoms with van der Waals surface area (Å²) in [6, 6.07) is 0. The van der Waals surface area contributed by atoms with Crippen molar-refractivity contribution in [2.75, 3.05) is 13.2 Å². The first kappa shape index (κ1) is 12.8. The Morgan fingerprint density at radius 3 is 2.23 bits per heavy atom. The van der Waals surface area contributed by atoms with Crippen LogP contribution in [0.15, 0.2) is 0 Å². The van der Waals surface area contributed by atoms with Crippen molar-refractivity contribution in [1.82, 2.24) is 0 Å². The Balaban J connectivity index is 3.79. The van der Waals surface area contributed by atoms with Crippen LogP contribution in [0, 0.1) is 5.92 Å². The molecule has 0 aliphatic heterocycles. The van der Waals surface area contributed by atoms with Crippen molar-refractivity contribution >= 4 is 0 Å². The summed E-state index contributed by atoms with van der Waals surface area (Å²) >= 11 is 0. The van der Waals surface area contributed by atoms with E-state index in [1.807, 2.05) is 20.8 Å². The van der Waals surface area contributed by atoms with Crippen LogP contribution in [0.2, 0.25) is 0 Å². The molecule has 0 saturated carbocycles. The van der Waals surface area contributed by atoms with E-state index >= 15 is 0 Å². The van der Waals surface area contributed by atoms with Crippen LogP contribution in [-0.2, 0) is 9.62 Å². The predicted molar refractivity (Wildman–Crippen MR) is 49.5 cm³/mol. The summed E-state index contributed by atoms with van der Waals surface area (Å²) in [5.41, 5.74) is 0. The van der Waals surface area contributed by atoms with E-state index in [1.165, 1.54) is 0 Å². The molecule has 0 heterocycles. The second-order valence-corrected chi connectivity index (χ2v) is 3.53. The molecule has 0 rings (SSSR count). The van der Waals surface area contributed by atoms with Gasteiger partial charge in [0.25, 0.3) is 0 Å². The minimum Gasteiger partial charge on any atom is -0.394 e. The molecule has 0 amide bonds. The highest BCUT2D eigenvalue weighted by Crippen LogP contribution is 2.13. The van der Waals surface area contributed by atoms with Gasteiger partial charge in [-0.2, -0.15) is 0 Å². The number of rotatable bonds is 7. The number of hydrogen-bond donors (Lipinski definition) is 2. The van der Waals surface area contributed by atoms with E-state index in [2.05, 4.69) is 4.89 Å². The van der Waals surface area contributed by atoms with Gasteiger partial charge in [-0.15, -0.1) is 0 Å². The van der Waals surface area contributed by atoms with Gasteiger partial charge < -0.3 is 9.84 Å². The molecule has 13 heavy (non-hydrogen) atoms. The lowest BCUT2D eigenvalue weighted by Gasteiger charge is -2.24. The highest BCUT2D eigenvalue weighted by molar-refractivity contribution is 4.64. The molecule has 0 radical (unpaired) electrons. The highest BCUT2D eigenvalue weighted by Gasteiger charge is 2.16. The summed E-state index contributed by atoms with van der Waals surface area (Å²) in [7, 11) is 0. The van der Waals surface area contributed by atoms with Gasteiger partial charge in [-0.05, 0) is 12.8 Å². The third kappa shape index (κ3) is 5.99. The molecule has 4 nitrogen and oxygen atoms in total. The molecule has 2 unspecified atom stereocenters. The van der Waals surface area contributed by atoms with Crippen LogP contribution in [0.25, 0.3) is 0 Å². The first-order valence-electron chi connectivity index (χ1n) is 4.64. The zero-order valence-electron chi connectivity index (χ0n) is 8.56. The van der Waals surface area contributed by atoms with Gasteiger partial charge in [0.15, 0.2) is 0 Å². The summed E-state index contributed by atoms with van der Waals surface area (Å²) < 4.78 is 5.52. The van der Waals surface area contributed by atoms with Gasteiger partial charge in [0.05, 0.1) is 25.4 Å². The summed E-state index contributed by atoms with van der Waals surface area (Å²) in [5, 5.41) is 17.0. The number of aliphatic hydroxyl groups is 1. The molecule has 0 aromatic heterocycles. The average molecular weight is 192 g/mol. The SMILES string of the molecule is CC(CO)OC(CCOO)C(C)C. The largest absolute Gasteiger partial charge is 0.394 e. The number of hydrogen-bond acceptors (Lipinski definition) is 4. The summed E-state index contributed by atoms with van der Waals surface area (Å²) in [5.74, 6) is 0.351. The second-order valence-electron chi connectivity index (χ2n) is 3.53. The van der Waals surface area contributed by atoms with Crippen molar-refractivity contribution in [1.29, 1.82) is 0 Å². The van der Waals surface area contributed by atoms with Crippen molar-refractivity contribution in [3.63, 3.8) is 0 Å². The van der Waals surface area contributed by atoms with Crippen LogP contribution in [-0.4, -0.2) is 35.8 Å². The van der Waals surface area contributed by atoms with Gasteiger partial charge in [0.1, 0.15) is 0 Å². The summed E-state index contributed by atoms with van der Waals surface area (Å²) in [6.07, 6.45) is 0.499. The third-order valence-electron chi connectivity index (χ3n) is 1.90. The maximum atomic E-state index is 8.79. The fourth-order valence-electron chi connectivity index (χ4n) is 1.07. The number of ether oxygens (including phenoxy) is 1. The van der Waals surface area contributed by atoms with Gasteiger partial charge in [0, 0.05) is 6.42 Å². The van der Waals surface area contributed by atoms with E-state index < -0.39 is 0 Å². The first-order chi connectivity index (χ1) is 6.11. The van der Waals surface area contributed by atoms with Crippen LogP contribution >= 0.6 is 0 Å². The third-order valence-corrected chi connectivity index (χ3v) is 1.90. The summed E-state index contributed by atoms with van der Waals surface area (Å²) in [6.45, 7) is 6.16. The van der Waals surface area contributed by atoms with E-state index in [0.717, 1.165) is 0 Å². The fraction of sp³-hybridized carbons (Fsp3) is 1.00. The van der Waals surface area contributed by atoms with Gasteiger partial charge in [-0.3, -0.25) is 5.26 Å². The quantitative estimate of drug-likeness (QED) is 0.471. The van der Waals surface area contributed by atoms with Crippen molar-refractivity contribution in [2.24, 2.45) is 5.92 Å². The first-order valence-corrected chi connectivity index (χ1v) is 4.64. The van der Waals surface area contributed by atoms with E-state index in [4.69, 9.17) is 15.1 Å². The zero-order chi connectivity index (χ0) is 10.3. The van der Waals surface area contributed by atoms with E-state index in [9.17, 15) is 0 Å². The van der Waals surface area contributed by atoms with E-state index in [-0.39, 0.29) is 25.4 Å². The van der Waals surface area contributed by atoms with E-state index in [0.29, 0.717) is 12.3 Å². The van der Waals surface area contributed by atoms with Crippen LogP contribution in [0.4, 0.5) is 0 Å². The van der Waals surface area contributed by atoms with Gasteiger partial charge in [0.2, 0.25) is 0 Å². The molecule has 0 aliphatic carbocycles. The van der Waals surface area contributed by atoms with Crippen LogP contribution in [0.1, 0.15) is 27.2 Å². The van der Waals surface area contributed by atoms with Crippen molar-refractivity contribution in [2.45, 2.75) is 39.4 Å². The lowest BCUT2D eigenvalue weighted by molar-refractivity contribution is -0.248. The smallest absolute Gasteiger partial charge is 0.0844 e. The average Bonchev–Trinajstić information content (AvgIpc) is 2.11. The molecule has 0 spiro atoms. The molecule has 80 valence electrons. The highest BCUT2D eigenvalue weighted by atomic mass is 17.1. The Labute approximate surface area is 79.4 Å². The molecule has 0 fully saturated rings. The van der Waals surface area contributed by atoms with Gasteiger partial charge in [-0.25, -0.2) is 4.89 Å². The number of aliphatic hydroxyl groups excluding tert-OH is 1. The van der Waals surface area contributed by atoms with E-state index in [1.54, 1.807) is 0 Å². The molecule has 0 aliphatic rings. The van der Waals surface area contributed by atoms with Crippen LogP contribution in [0.5, 0.6) is 0 Å². The van der Waals surface area contributed by atoms with Crippen molar-refractivity contribution < 1.29 is 20.0 Å². The van der Waals surface area contributed by atoms with Crippen LogP contribution in [0.3, 0.4) is 0 Å². The monoisotopic (exact) mass is 192 g/mol. The van der Waals surface area contributed by atoms with Crippen molar-refractivity contribution in [3.05, 3.63) is 0 Å². The minimum absolute atomic E-state index is 0.0171. The Hall–Kier alpha value is -0.160. The zero-order valence-corrected chi connectivity index (χ0v) is 8.56. The predicted octanol–water partition coefficient (Wildman–Crippen LogP) is 1.29. The second kappa shape index (κ2) is 7.26. The Kier molecular flexibility index (Phi) is 7.17. The normalized spacial score (nSPS) is 16.2. The lowest BCUT2D eigenvalue weighted by atomic mass is 10.0. The molecule has 2 atom stereocenters. The van der Waals surface area contributed by atoms with Gasteiger partial charge in [-0.1, -0.05) is 13.8 Å². The summed E-state index contributed by atoms with van der Waals surface area (Å²) in [4.78, 5) is 4.00. The molecule has 4 heteroatoms. The van der Waals surface area contributed by atoms with Crippen molar-refractivity contribution in [3.8, 4) is 0 Å². The molecule has 0 saturated heterocycles. The molecule has 0 bridgehead atoms. The standard InChI is InChI=1S/C9H20O4/c1-7(2)9(4-5-12-11)13-8(3)6-10/h7-11H,4-6H2,1-3H3. The molecule has 2 N–H and O–H groups in total. The Morgan fingerprint density at radius 2 is 1.85 bits per heavy atom. The Morgan fingerprint density at radius 1 is 1.23 bits per heavy atom. The fourth-order valence-corrected chi connectivity index (χ4v) is 1.07. The minimum atomic E-state index is -0.161. The van der Waals surface area contributed by atoms with Crippen LogP contribution < -0.4 is 0 Å². The molecular formula is C9H20O4. The Bertz CT molecular complexity index is 116. The molecular weight excluding hydrogens is 172 g/mol.